The number of benzene rings is 2. The molecule has 2 aromatic carbocycles. The van der Waals surface area contributed by atoms with E-state index in [0.29, 0.717) is 30.1 Å². The molecule has 0 spiro atoms. The molecule has 7 heteroatoms. The van der Waals surface area contributed by atoms with Crippen LogP contribution in [0.5, 0.6) is 0 Å². The van der Waals surface area contributed by atoms with Crippen molar-refractivity contribution >= 4 is 5.91 Å². The number of rotatable bonds is 5. The third kappa shape index (κ3) is 3.96. The van der Waals surface area contributed by atoms with Gasteiger partial charge in [0.05, 0.1) is 11.6 Å². The highest BCUT2D eigenvalue weighted by molar-refractivity contribution is 5.98. The summed E-state index contributed by atoms with van der Waals surface area (Å²) >= 11 is 0. The Balaban J connectivity index is 1.86. The van der Waals surface area contributed by atoms with Gasteiger partial charge >= 0.3 is 6.18 Å². The standard InChI is InChI=1S/C24H24F3N3O/c1-15(2)12-19-20-21(28-29(19)3)23(31)30(14-16-8-5-4-6-9-16)22(20)17-10-7-11-18(13-17)24(25,26)27/h4-11,13,15,22H,12,14H2,1-3H3. The molecule has 4 rings (SSSR count). The van der Waals surface area contributed by atoms with Crippen molar-refractivity contribution in [3.8, 4) is 0 Å². The highest BCUT2D eigenvalue weighted by atomic mass is 19.4. The van der Waals surface area contributed by atoms with Crippen molar-refractivity contribution in [1.82, 2.24) is 14.7 Å². The summed E-state index contributed by atoms with van der Waals surface area (Å²) in [5, 5.41) is 4.47. The van der Waals surface area contributed by atoms with E-state index in [4.69, 9.17) is 0 Å². The van der Waals surface area contributed by atoms with Gasteiger partial charge in [-0.05, 0) is 35.6 Å². The number of amides is 1. The summed E-state index contributed by atoms with van der Waals surface area (Å²) < 4.78 is 42.0. The van der Waals surface area contributed by atoms with Crippen molar-refractivity contribution in [2.24, 2.45) is 13.0 Å². The number of aromatic nitrogens is 2. The Morgan fingerprint density at radius 3 is 2.42 bits per heavy atom. The molecule has 4 nitrogen and oxygen atoms in total. The Morgan fingerprint density at radius 2 is 1.77 bits per heavy atom. The molecular weight excluding hydrogens is 403 g/mol. The predicted octanol–water partition coefficient (Wildman–Crippen LogP) is 5.38. The van der Waals surface area contributed by atoms with Crippen molar-refractivity contribution in [1.29, 1.82) is 0 Å². The molecule has 1 aliphatic heterocycles. The number of carbonyl (C=O) groups is 1. The molecule has 0 saturated carbocycles. The van der Waals surface area contributed by atoms with Gasteiger partial charge in [-0.25, -0.2) is 0 Å². The number of hydrogen-bond donors (Lipinski definition) is 0. The monoisotopic (exact) mass is 427 g/mol. The summed E-state index contributed by atoms with van der Waals surface area (Å²) in [6.45, 7) is 4.43. The lowest BCUT2D eigenvalue weighted by Crippen LogP contribution is -2.30. The van der Waals surface area contributed by atoms with Gasteiger partial charge in [0.15, 0.2) is 5.69 Å². The van der Waals surface area contributed by atoms with Crippen LogP contribution in [0.4, 0.5) is 13.2 Å². The molecule has 0 aliphatic carbocycles. The largest absolute Gasteiger partial charge is 0.416 e. The summed E-state index contributed by atoms with van der Waals surface area (Å²) in [5.41, 5.74) is 2.56. The zero-order valence-electron chi connectivity index (χ0n) is 17.6. The number of carbonyl (C=O) groups excluding carboxylic acids is 1. The van der Waals surface area contributed by atoms with E-state index in [1.54, 1.807) is 22.7 Å². The summed E-state index contributed by atoms with van der Waals surface area (Å²) in [6.07, 6.45) is -3.78. The lowest BCUT2D eigenvalue weighted by atomic mass is 9.94. The van der Waals surface area contributed by atoms with Gasteiger partial charge in [-0.3, -0.25) is 9.48 Å². The van der Waals surface area contributed by atoms with Crippen LogP contribution in [-0.2, 0) is 26.2 Å². The Morgan fingerprint density at radius 1 is 1.06 bits per heavy atom. The second-order valence-electron chi connectivity index (χ2n) is 8.37. The molecule has 1 aromatic heterocycles. The van der Waals surface area contributed by atoms with E-state index < -0.39 is 17.8 Å². The van der Waals surface area contributed by atoms with Crippen LogP contribution in [0.3, 0.4) is 0 Å². The fourth-order valence-electron chi connectivity index (χ4n) is 4.23. The maximum Gasteiger partial charge on any atom is 0.416 e. The maximum absolute atomic E-state index is 13.4. The zero-order valence-corrected chi connectivity index (χ0v) is 17.6. The normalized spacial score (nSPS) is 16.3. The van der Waals surface area contributed by atoms with Gasteiger partial charge in [0, 0.05) is 24.8 Å². The third-order valence-electron chi connectivity index (χ3n) is 5.58. The van der Waals surface area contributed by atoms with Crippen LogP contribution in [0, 0.1) is 5.92 Å². The summed E-state index contributed by atoms with van der Waals surface area (Å²) in [7, 11) is 1.79. The van der Waals surface area contributed by atoms with E-state index >= 15 is 0 Å². The maximum atomic E-state index is 13.4. The second-order valence-corrected chi connectivity index (χ2v) is 8.37. The van der Waals surface area contributed by atoms with E-state index in [-0.39, 0.29) is 5.91 Å². The van der Waals surface area contributed by atoms with E-state index in [1.807, 2.05) is 30.3 Å². The number of fused-ring (bicyclic) bond motifs is 1. The van der Waals surface area contributed by atoms with Crippen LogP contribution in [0.25, 0.3) is 0 Å². The first-order valence-corrected chi connectivity index (χ1v) is 10.2. The lowest BCUT2D eigenvalue weighted by molar-refractivity contribution is -0.137. The fourth-order valence-corrected chi connectivity index (χ4v) is 4.23. The topological polar surface area (TPSA) is 38.1 Å². The molecule has 0 bridgehead atoms. The molecule has 1 unspecified atom stereocenters. The Hall–Kier alpha value is -3.09. The summed E-state index contributed by atoms with van der Waals surface area (Å²) in [6, 6.07) is 14.1. The fraction of sp³-hybridized carbons (Fsp3) is 0.333. The van der Waals surface area contributed by atoms with Crippen LogP contribution in [0.2, 0.25) is 0 Å². The molecule has 0 fully saturated rings. The number of halogens is 3. The third-order valence-corrected chi connectivity index (χ3v) is 5.58. The van der Waals surface area contributed by atoms with Crippen LogP contribution < -0.4 is 0 Å². The molecular formula is C24H24F3N3O. The molecule has 3 aromatic rings. The van der Waals surface area contributed by atoms with Crippen LogP contribution in [0.15, 0.2) is 54.6 Å². The Kier molecular flexibility index (Phi) is 5.37. The minimum atomic E-state index is -4.46. The quantitative estimate of drug-likeness (QED) is 0.548. The smallest absolute Gasteiger partial charge is 0.322 e. The minimum absolute atomic E-state index is 0.258. The van der Waals surface area contributed by atoms with Gasteiger partial charge in [-0.2, -0.15) is 18.3 Å². The summed E-state index contributed by atoms with van der Waals surface area (Å²) in [4.78, 5) is 15.0. The number of aryl methyl sites for hydroxylation is 1. The molecule has 31 heavy (non-hydrogen) atoms. The van der Waals surface area contributed by atoms with Gasteiger partial charge in [0.2, 0.25) is 0 Å². The summed E-state index contributed by atoms with van der Waals surface area (Å²) in [5.74, 6) is 0.0480. The van der Waals surface area contributed by atoms with Crippen LogP contribution >= 0.6 is 0 Å². The van der Waals surface area contributed by atoms with Crippen molar-refractivity contribution in [2.45, 2.75) is 39.0 Å². The zero-order chi connectivity index (χ0) is 22.3. The van der Waals surface area contributed by atoms with Gasteiger partial charge in [0.25, 0.3) is 5.91 Å². The molecule has 0 saturated heterocycles. The highest BCUT2D eigenvalue weighted by Gasteiger charge is 2.43. The molecule has 1 amide bonds. The van der Waals surface area contributed by atoms with Gasteiger partial charge in [0.1, 0.15) is 0 Å². The molecule has 1 atom stereocenters. The molecule has 1 aliphatic rings. The van der Waals surface area contributed by atoms with Crippen LogP contribution in [0.1, 0.15) is 58.3 Å². The molecule has 2 heterocycles. The lowest BCUT2D eigenvalue weighted by Gasteiger charge is -2.27. The second kappa shape index (κ2) is 7.87. The van der Waals surface area contributed by atoms with Crippen molar-refractivity contribution < 1.29 is 18.0 Å². The van der Waals surface area contributed by atoms with Crippen molar-refractivity contribution in [3.63, 3.8) is 0 Å². The van der Waals surface area contributed by atoms with E-state index in [9.17, 15) is 18.0 Å². The number of alkyl halides is 3. The van der Waals surface area contributed by atoms with E-state index in [0.717, 1.165) is 29.0 Å². The first kappa shape index (κ1) is 21.2. The minimum Gasteiger partial charge on any atom is -0.322 e. The van der Waals surface area contributed by atoms with Crippen molar-refractivity contribution in [2.75, 3.05) is 0 Å². The average Bonchev–Trinajstić information content (AvgIpc) is 3.16. The molecule has 0 N–H and O–H groups in total. The van der Waals surface area contributed by atoms with Crippen molar-refractivity contribution in [3.05, 3.63) is 88.2 Å². The highest BCUT2D eigenvalue weighted by Crippen LogP contribution is 2.43. The molecule has 162 valence electrons. The first-order valence-electron chi connectivity index (χ1n) is 10.2. The Bertz CT molecular complexity index is 1100. The first-order chi connectivity index (χ1) is 14.7. The Labute approximate surface area is 179 Å². The van der Waals surface area contributed by atoms with Crippen LogP contribution in [-0.4, -0.2) is 20.6 Å². The number of hydrogen-bond acceptors (Lipinski definition) is 2. The SMILES string of the molecule is CC(C)Cc1c2c(nn1C)C(=O)N(Cc1ccccc1)C2c1cccc(C(F)(F)F)c1. The van der Waals surface area contributed by atoms with Gasteiger partial charge < -0.3 is 4.90 Å². The molecule has 0 radical (unpaired) electrons. The average molecular weight is 427 g/mol. The van der Waals surface area contributed by atoms with E-state index in [1.165, 1.54) is 6.07 Å². The van der Waals surface area contributed by atoms with Gasteiger partial charge in [-0.15, -0.1) is 0 Å². The predicted molar refractivity (Wildman–Crippen MR) is 111 cm³/mol. The van der Waals surface area contributed by atoms with E-state index in [2.05, 4.69) is 18.9 Å². The van der Waals surface area contributed by atoms with Gasteiger partial charge in [-0.1, -0.05) is 56.3 Å². The number of nitrogens with zero attached hydrogens (tertiary/aromatic N) is 3.